The van der Waals surface area contributed by atoms with Gasteiger partial charge in [0.15, 0.2) is 6.61 Å². The van der Waals surface area contributed by atoms with Gasteiger partial charge in [0.05, 0.1) is 4.47 Å². The Labute approximate surface area is 239 Å². The van der Waals surface area contributed by atoms with Crippen LogP contribution in [0, 0.1) is 6.92 Å². The summed E-state index contributed by atoms with van der Waals surface area (Å²) in [5.74, 6) is 0.166. The van der Waals surface area contributed by atoms with Crippen LogP contribution in [0.2, 0.25) is 0 Å². The van der Waals surface area contributed by atoms with Gasteiger partial charge in [-0.3, -0.25) is 9.59 Å². The van der Waals surface area contributed by atoms with Crippen LogP contribution in [0.15, 0.2) is 95.5 Å². The predicted octanol–water partition coefficient (Wildman–Crippen LogP) is 6.84. The number of amides is 2. The first-order valence-corrected chi connectivity index (χ1v) is 14.1. The summed E-state index contributed by atoms with van der Waals surface area (Å²) < 4.78 is 6.86. The van der Waals surface area contributed by atoms with Crippen molar-refractivity contribution < 1.29 is 14.3 Å². The Bertz CT molecular complexity index is 1420. The highest BCUT2D eigenvalue weighted by molar-refractivity contribution is 9.10. The van der Waals surface area contributed by atoms with Gasteiger partial charge in [-0.15, -0.1) is 0 Å². The van der Waals surface area contributed by atoms with Crippen molar-refractivity contribution in [3.8, 4) is 5.75 Å². The minimum atomic E-state index is -0.696. The number of ether oxygens (including phenoxy) is 1. The van der Waals surface area contributed by atoms with Crippen LogP contribution in [0.4, 0.5) is 0 Å². The molecule has 0 aliphatic heterocycles. The van der Waals surface area contributed by atoms with Gasteiger partial charge < -0.3 is 15.0 Å². The van der Waals surface area contributed by atoms with Crippen molar-refractivity contribution >= 4 is 38.5 Å². The molecule has 0 bridgehead atoms. The average Bonchev–Trinajstić information content (AvgIpc) is 2.95. The van der Waals surface area contributed by atoms with Gasteiger partial charge in [-0.25, -0.2) is 0 Å². The first-order valence-electron chi connectivity index (χ1n) is 13.3. The molecule has 1 N–H and O–H groups in total. The van der Waals surface area contributed by atoms with Gasteiger partial charge in [0.1, 0.15) is 11.8 Å². The van der Waals surface area contributed by atoms with E-state index in [-0.39, 0.29) is 24.5 Å². The minimum Gasteiger partial charge on any atom is -0.483 e. The normalized spacial score (nSPS) is 12.5. The lowest BCUT2D eigenvalue weighted by molar-refractivity contribution is -0.143. The van der Waals surface area contributed by atoms with Crippen LogP contribution >= 0.6 is 15.9 Å². The number of benzene rings is 4. The van der Waals surface area contributed by atoms with Gasteiger partial charge in [-0.05, 0) is 64.2 Å². The molecule has 4 aromatic carbocycles. The van der Waals surface area contributed by atoms with Gasteiger partial charge in [0.25, 0.3) is 5.91 Å². The number of halogens is 1. The lowest BCUT2D eigenvalue weighted by atomic mass is 10.0. The second-order valence-electron chi connectivity index (χ2n) is 9.92. The quantitative estimate of drug-likeness (QED) is 0.209. The van der Waals surface area contributed by atoms with E-state index in [4.69, 9.17) is 4.74 Å². The second-order valence-corrected chi connectivity index (χ2v) is 10.7. The highest BCUT2D eigenvalue weighted by atomic mass is 79.9. The average molecular weight is 588 g/mol. The molecule has 0 heterocycles. The van der Waals surface area contributed by atoms with Crippen LogP contribution in [0.5, 0.6) is 5.75 Å². The minimum absolute atomic E-state index is 0.00324. The molecule has 6 heteroatoms. The Morgan fingerprint density at radius 1 is 0.923 bits per heavy atom. The fourth-order valence-corrected chi connectivity index (χ4v) is 5.16. The van der Waals surface area contributed by atoms with Crippen LogP contribution in [0.1, 0.15) is 37.0 Å². The molecule has 2 atom stereocenters. The highest BCUT2D eigenvalue weighted by Gasteiger charge is 2.31. The number of nitrogens with zero attached hydrogens (tertiary/aromatic N) is 1. The number of fused-ring (bicyclic) bond motifs is 1. The monoisotopic (exact) mass is 586 g/mol. The fourth-order valence-electron chi connectivity index (χ4n) is 4.55. The number of nitrogens with one attached hydrogen (secondary N) is 1. The SMILES string of the molecule is CC[C@@H](C)NC(=O)[C@@H](Cc1ccccc1)N(Cc1cccc(C)c1)C(=O)COc1ccc2ccccc2c1Br. The van der Waals surface area contributed by atoms with E-state index in [0.717, 1.165) is 38.4 Å². The Kier molecular flexibility index (Phi) is 9.77. The molecule has 39 heavy (non-hydrogen) atoms. The molecule has 0 saturated carbocycles. The van der Waals surface area contributed by atoms with Crippen LogP contribution in [0.25, 0.3) is 10.8 Å². The van der Waals surface area contributed by atoms with E-state index in [1.165, 1.54) is 0 Å². The zero-order chi connectivity index (χ0) is 27.8. The molecule has 0 aliphatic carbocycles. The lowest BCUT2D eigenvalue weighted by Gasteiger charge is -2.32. The Morgan fingerprint density at radius 3 is 2.38 bits per heavy atom. The van der Waals surface area contributed by atoms with Crippen molar-refractivity contribution in [3.05, 3.63) is 112 Å². The number of carbonyl (C=O) groups excluding carboxylic acids is 2. The standard InChI is InChI=1S/C33H35BrN2O3/c1-4-24(3)35-33(38)29(20-25-12-6-5-7-13-25)36(21-26-14-10-11-23(2)19-26)31(37)22-39-30-18-17-27-15-8-9-16-28(27)32(30)34/h5-19,24,29H,4,20-22H2,1-3H3,(H,35,38)/t24-,29-/m1/s1. The van der Waals surface area contributed by atoms with Crippen molar-refractivity contribution in [2.45, 2.75) is 52.2 Å². The van der Waals surface area contributed by atoms with E-state index in [2.05, 4.69) is 21.2 Å². The molecule has 0 saturated heterocycles. The van der Waals surface area contributed by atoms with Gasteiger partial charge in [-0.1, -0.05) is 97.4 Å². The maximum absolute atomic E-state index is 13.9. The number of carbonyl (C=O) groups is 2. The van der Waals surface area contributed by atoms with Crippen molar-refractivity contribution in [2.75, 3.05) is 6.61 Å². The summed E-state index contributed by atoms with van der Waals surface area (Å²) in [4.78, 5) is 29.2. The molecule has 0 aromatic heterocycles. The lowest BCUT2D eigenvalue weighted by Crippen LogP contribution is -2.53. The molecular formula is C33H35BrN2O3. The number of hydrogen-bond donors (Lipinski definition) is 1. The Hall–Kier alpha value is -3.64. The molecule has 2 amide bonds. The van der Waals surface area contributed by atoms with Crippen LogP contribution in [-0.4, -0.2) is 35.4 Å². The molecule has 4 rings (SSSR count). The summed E-state index contributed by atoms with van der Waals surface area (Å²) in [6.07, 6.45) is 1.20. The fraction of sp³-hybridized carbons (Fsp3) is 0.273. The third-order valence-electron chi connectivity index (χ3n) is 6.89. The Morgan fingerprint density at radius 2 is 1.64 bits per heavy atom. The van der Waals surface area contributed by atoms with Gasteiger partial charge >= 0.3 is 0 Å². The Balaban J connectivity index is 1.64. The van der Waals surface area contributed by atoms with Gasteiger partial charge in [0.2, 0.25) is 5.91 Å². The molecule has 5 nitrogen and oxygen atoms in total. The maximum atomic E-state index is 13.9. The summed E-state index contributed by atoms with van der Waals surface area (Å²) >= 11 is 3.65. The van der Waals surface area contributed by atoms with Crippen LogP contribution in [0.3, 0.4) is 0 Å². The first kappa shape index (κ1) is 28.4. The zero-order valence-electron chi connectivity index (χ0n) is 22.7. The van der Waals surface area contributed by atoms with Gasteiger partial charge in [-0.2, -0.15) is 0 Å². The molecule has 0 radical (unpaired) electrons. The smallest absolute Gasteiger partial charge is 0.261 e. The largest absolute Gasteiger partial charge is 0.483 e. The van der Waals surface area contributed by atoms with E-state index in [9.17, 15) is 9.59 Å². The van der Waals surface area contributed by atoms with E-state index < -0.39 is 6.04 Å². The zero-order valence-corrected chi connectivity index (χ0v) is 24.3. The summed E-state index contributed by atoms with van der Waals surface area (Å²) in [5, 5.41) is 5.19. The number of hydrogen-bond acceptors (Lipinski definition) is 3. The van der Waals surface area contributed by atoms with Crippen molar-refractivity contribution in [1.82, 2.24) is 10.2 Å². The van der Waals surface area contributed by atoms with Crippen molar-refractivity contribution in [2.24, 2.45) is 0 Å². The van der Waals surface area contributed by atoms with E-state index in [1.807, 2.05) is 112 Å². The number of rotatable bonds is 11. The van der Waals surface area contributed by atoms with E-state index in [1.54, 1.807) is 4.90 Å². The molecule has 4 aromatic rings. The molecule has 202 valence electrons. The van der Waals surface area contributed by atoms with Crippen LogP contribution < -0.4 is 10.1 Å². The summed E-state index contributed by atoms with van der Waals surface area (Å²) in [6, 6.07) is 29.0. The van der Waals surface area contributed by atoms with E-state index in [0.29, 0.717) is 18.7 Å². The van der Waals surface area contributed by atoms with Crippen molar-refractivity contribution in [3.63, 3.8) is 0 Å². The first-order chi connectivity index (χ1) is 18.9. The van der Waals surface area contributed by atoms with Gasteiger partial charge in [0, 0.05) is 19.0 Å². The third kappa shape index (κ3) is 7.48. The van der Waals surface area contributed by atoms with Crippen molar-refractivity contribution in [1.29, 1.82) is 0 Å². The summed E-state index contributed by atoms with van der Waals surface area (Å²) in [7, 11) is 0. The summed E-state index contributed by atoms with van der Waals surface area (Å²) in [5.41, 5.74) is 3.05. The summed E-state index contributed by atoms with van der Waals surface area (Å²) in [6.45, 7) is 6.14. The second kappa shape index (κ2) is 13.4. The molecule has 0 fully saturated rings. The third-order valence-corrected chi connectivity index (χ3v) is 7.70. The number of aryl methyl sites for hydroxylation is 1. The highest BCUT2D eigenvalue weighted by Crippen LogP contribution is 2.33. The van der Waals surface area contributed by atoms with Crippen LogP contribution in [-0.2, 0) is 22.6 Å². The predicted molar refractivity (Wildman–Crippen MR) is 161 cm³/mol. The molecular weight excluding hydrogens is 552 g/mol. The molecule has 0 spiro atoms. The maximum Gasteiger partial charge on any atom is 0.261 e. The molecule has 0 aliphatic rings. The molecule has 0 unspecified atom stereocenters. The van der Waals surface area contributed by atoms with E-state index >= 15 is 0 Å². The topological polar surface area (TPSA) is 58.6 Å².